The van der Waals surface area contributed by atoms with E-state index < -0.39 is 9.84 Å². The summed E-state index contributed by atoms with van der Waals surface area (Å²) in [5.74, 6) is 0.138. The molecular weight excluding hydrogens is 284 g/mol. The van der Waals surface area contributed by atoms with Crippen molar-refractivity contribution in [3.8, 4) is 0 Å². The second-order valence-corrected chi connectivity index (χ2v) is 7.24. The third-order valence-electron chi connectivity index (χ3n) is 1.20. The van der Waals surface area contributed by atoms with E-state index in [4.69, 9.17) is 11.6 Å². The van der Waals surface area contributed by atoms with Crippen molar-refractivity contribution >= 4 is 48.7 Å². The molecule has 2 nitrogen and oxygen atoms in total. The van der Waals surface area contributed by atoms with Gasteiger partial charge in [0.15, 0.2) is 9.84 Å². The summed E-state index contributed by atoms with van der Waals surface area (Å²) >= 11 is 9.76. The fourth-order valence-electron chi connectivity index (χ4n) is 0.667. The molecule has 0 bridgehead atoms. The van der Waals surface area contributed by atoms with Crippen molar-refractivity contribution in [1.29, 1.82) is 0 Å². The Labute approximate surface area is 88.6 Å². The van der Waals surface area contributed by atoms with Crippen LogP contribution >= 0.6 is 38.9 Å². The predicted molar refractivity (Wildman–Crippen MR) is 54.8 cm³/mol. The molecule has 0 radical (unpaired) electrons. The molecule has 0 spiro atoms. The minimum atomic E-state index is -3.13. The average molecular weight is 290 g/mol. The molecule has 12 heavy (non-hydrogen) atoms. The van der Waals surface area contributed by atoms with Crippen molar-refractivity contribution in [3.63, 3.8) is 0 Å². The lowest BCUT2D eigenvalue weighted by Gasteiger charge is -1.95. The Morgan fingerprint density at radius 1 is 1.50 bits per heavy atom. The van der Waals surface area contributed by atoms with Crippen molar-refractivity contribution in [2.45, 2.75) is 4.21 Å². The Morgan fingerprint density at radius 2 is 2.17 bits per heavy atom. The summed E-state index contributed by atoms with van der Waals surface area (Å²) < 4.78 is 23.9. The molecule has 1 aromatic heterocycles. The van der Waals surface area contributed by atoms with Crippen molar-refractivity contribution < 1.29 is 8.42 Å². The first-order valence-electron chi connectivity index (χ1n) is 3.10. The highest BCUT2D eigenvalue weighted by Gasteiger charge is 2.15. The molecule has 0 aliphatic rings. The molecule has 0 fully saturated rings. The molecule has 0 aromatic carbocycles. The lowest BCUT2D eigenvalue weighted by atomic mass is 10.7. The summed E-state index contributed by atoms with van der Waals surface area (Å²) in [7, 11) is -3.13. The Balaban J connectivity index is 2.98. The Bertz CT molecular complexity index is 357. The molecule has 0 atom stereocenters. The predicted octanol–water partition coefficient (Wildman–Crippen LogP) is 2.52. The van der Waals surface area contributed by atoms with Crippen LogP contribution in [0.1, 0.15) is 0 Å². The van der Waals surface area contributed by atoms with Gasteiger partial charge in [-0.1, -0.05) is 0 Å². The molecule has 0 amide bonds. The Hall–Kier alpha value is 0.420. The van der Waals surface area contributed by atoms with E-state index in [1.54, 1.807) is 12.1 Å². The van der Waals surface area contributed by atoms with Crippen molar-refractivity contribution in [3.05, 3.63) is 15.9 Å². The zero-order valence-corrected chi connectivity index (χ0v) is 9.93. The van der Waals surface area contributed by atoms with Gasteiger partial charge >= 0.3 is 0 Å². The molecule has 0 aliphatic carbocycles. The summed E-state index contributed by atoms with van der Waals surface area (Å²) in [6.07, 6.45) is 0. The van der Waals surface area contributed by atoms with Gasteiger partial charge in [0.1, 0.15) is 4.21 Å². The highest BCUT2D eigenvalue weighted by atomic mass is 79.9. The quantitative estimate of drug-likeness (QED) is 0.801. The van der Waals surface area contributed by atoms with Gasteiger partial charge in [-0.05, 0) is 28.1 Å². The maximum Gasteiger partial charge on any atom is 0.188 e. The van der Waals surface area contributed by atoms with E-state index in [1.807, 2.05) is 0 Å². The van der Waals surface area contributed by atoms with Crippen molar-refractivity contribution in [2.75, 3.05) is 11.6 Å². The van der Waals surface area contributed by atoms with Crippen LogP contribution in [0.4, 0.5) is 0 Å². The lowest BCUT2D eigenvalue weighted by Crippen LogP contribution is -2.05. The van der Waals surface area contributed by atoms with Crippen LogP contribution in [0.2, 0.25) is 0 Å². The summed E-state index contributed by atoms with van der Waals surface area (Å²) in [4.78, 5) is 0. The molecule has 1 rings (SSSR count). The van der Waals surface area contributed by atoms with E-state index in [2.05, 4.69) is 15.9 Å². The van der Waals surface area contributed by atoms with Gasteiger partial charge in [-0.3, -0.25) is 0 Å². The van der Waals surface area contributed by atoms with Gasteiger partial charge in [0.05, 0.1) is 9.54 Å². The maximum atomic E-state index is 11.4. The monoisotopic (exact) mass is 288 g/mol. The van der Waals surface area contributed by atoms with E-state index in [1.165, 1.54) is 11.3 Å². The largest absolute Gasteiger partial charge is 0.223 e. The Kier molecular flexibility index (Phi) is 3.58. The van der Waals surface area contributed by atoms with Crippen LogP contribution in [0.3, 0.4) is 0 Å². The standard InChI is InChI=1S/C6H6BrClO2S2/c7-5-1-2-6(11-5)12(9,10)4-3-8/h1-2H,3-4H2. The first kappa shape index (κ1) is 10.5. The van der Waals surface area contributed by atoms with E-state index >= 15 is 0 Å². The number of thiophene rings is 1. The molecule has 0 saturated carbocycles. The van der Waals surface area contributed by atoms with E-state index in [0.717, 1.165) is 3.79 Å². The van der Waals surface area contributed by atoms with Gasteiger partial charge in [-0.15, -0.1) is 22.9 Å². The summed E-state index contributed by atoms with van der Waals surface area (Å²) in [5, 5.41) is 0. The third kappa shape index (κ3) is 2.45. The van der Waals surface area contributed by atoms with Crippen LogP contribution in [0.25, 0.3) is 0 Å². The summed E-state index contributed by atoms with van der Waals surface area (Å²) in [6, 6.07) is 3.29. The normalized spacial score (nSPS) is 11.8. The SMILES string of the molecule is O=S(=O)(CCCl)c1ccc(Br)s1. The van der Waals surface area contributed by atoms with Crippen LogP contribution in [0.15, 0.2) is 20.1 Å². The second kappa shape index (κ2) is 4.09. The summed E-state index contributed by atoms with van der Waals surface area (Å²) in [5.41, 5.74) is 0. The van der Waals surface area contributed by atoms with Crippen molar-refractivity contribution in [1.82, 2.24) is 0 Å². The smallest absolute Gasteiger partial charge is 0.188 e. The van der Waals surface area contributed by atoms with Gasteiger partial charge < -0.3 is 0 Å². The molecule has 0 aliphatic heterocycles. The minimum Gasteiger partial charge on any atom is -0.223 e. The van der Waals surface area contributed by atoms with Crippen LogP contribution in [-0.4, -0.2) is 20.1 Å². The van der Waals surface area contributed by atoms with Crippen LogP contribution in [-0.2, 0) is 9.84 Å². The summed E-state index contributed by atoms with van der Waals surface area (Å²) in [6.45, 7) is 0. The van der Waals surface area contributed by atoms with Gasteiger partial charge in [-0.25, -0.2) is 8.42 Å². The molecule has 68 valence electrons. The van der Waals surface area contributed by atoms with Crippen LogP contribution in [0.5, 0.6) is 0 Å². The first-order chi connectivity index (χ1) is 5.56. The zero-order valence-electron chi connectivity index (χ0n) is 5.96. The van der Waals surface area contributed by atoms with E-state index in [9.17, 15) is 8.42 Å². The fourth-order valence-corrected chi connectivity index (χ4v) is 4.42. The zero-order chi connectivity index (χ0) is 9.19. The van der Waals surface area contributed by atoms with E-state index in [-0.39, 0.29) is 11.6 Å². The fraction of sp³-hybridized carbons (Fsp3) is 0.333. The van der Waals surface area contributed by atoms with Gasteiger partial charge in [-0.2, -0.15) is 0 Å². The number of halogens is 2. The Morgan fingerprint density at radius 3 is 2.58 bits per heavy atom. The molecule has 6 heteroatoms. The molecule has 0 unspecified atom stereocenters. The van der Waals surface area contributed by atoms with E-state index in [0.29, 0.717) is 4.21 Å². The van der Waals surface area contributed by atoms with Gasteiger partial charge in [0.25, 0.3) is 0 Å². The number of sulfone groups is 1. The number of alkyl halides is 1. The molecule has 1 heterocycles. The highest BCUT2D eigenvalue weighted by molar-refractivity contribution is 9.11. The average Bonchev–Trinajstić information content (AvgIpc) is 2.36. The van der Waals surface area contributed by atoms with Crippen molar-refractivity contribution in [2.24, 2.45) is 0 Å². The van der Waals surface area contributed by atoms with Gasteiger partial charge in [0.2, 0.25) is 0 Å². The lowest BCUT2D eigenvalue weighted by molar-refractivity contribution is 0.599. The van der Waals surface area contributed by atoms with Crippen LogP contribution < -0.4 is 0 Å². The van der Waals surface area contributed by atoms with Gasteiger partial charge in [0, 0.05) is 5.88 Å². The molecular formula is C6H6BrClO2S2. The topological polar surface area (TPSA) is 34.1 Å². The minimum absolute atomic E-state index is 0.00150. The highest BCUT2D eigenvalue weighted by Crippen LogP contribution is 2.26. The number of hydrogen-bond donors (Lipinski definition) is 0. The maximum absolute atomic E-state index is 11.4. The number of hydrogen-bond acceptors (Lipinski definition) is 3. The third-order valence-corrected chi connectivity index (χ3v) is 5.53. The second-order valence-electron chi connectivity index (χ2n) is 2.07. The molecule has 0 N–H and O–H groups in total. The molecule has 0 saturated heterocycles. The number of rotatable bonds is 3. The van der Waals surface area contributed by atoms with Crippen LogP contribution in [0, 0.1) is 0 Å². The first-order valence-corrected chi connectivity index (χ1v) is 6.90. The molecule has 1 aromatic rings.